The SMILES string of the molecule is O=C(Nc1nccs1)C1C2C=CC3(CN(Cc4ccco4)C(=O)C13)O2. The topological polar surface area (TPSA) is 84.7 Å². The predicted octanol–water partition coefficient (Wildman–Crippen LogP) is 1.66. The zero-order chi connectivity index (χ0) is 17.0. The van der Waals surface area contributed by atoms with Crippen molar-refractivity contribution in [2.24, 2.45) is 11.8 Å². The fourth-order valence-corrected chi connectivity index (χ4v) is 4.61. The molecule has 3 aliphatic heterocycles. The van der Waals surface area contributed by atoms with E-state index in [1.165, 1.54) is 11.3 Å². The normalized spacial score (nSPS) is 32.4. The fourth-order valence-electron chi connectivity index (χ4n) is 4.08. The molecule has 1 spiro atoms. The van der Waals surface area contributed by atoms with E-state index < -0.39 is 17.4 Å². The summed E-state index contributed by atoms with van der Waals surface area (Å²) >= 11 is 1.35. The lowest BCUT2D eigenvalue weighted by molar-refractivity contribution is -0.136. The maximum absolute atomic E-state index is 13.0. The van der Waals surface area contributed by atoms with Crippen LogP contribution in [0.5, 0.6) is 0 Å². The van der Waals surface area contributed by atoms with Gasteiger partial charge in [-0.1, -0.05) is 12.2 Å². The van der Waals surface area contributed by atoms with Crippen molar-refractivity contribution in [1.82, 2.24) is 9.88 Å². The van der Waals surface area contributed by atoms with Crippen LogP contribution in [0.25, 0.3) is 0 Å². The van der Waals surface area contributed by atoms with Crippen LogP contribution in [0.4, 0.5) is 5.13 Å². The Morgan fingerprint density at radius 1 is 1.52 bits per heavy atom. The predicted molar refractivity (Wildman–Crippen MR) is 88.6 cm³/mol. The molecule has 1 N–H and O–H groups in total. The molecule has 3 aliphatic rings. The van der Waals surface area contributed by atoms with Gasteiger partial charge < -0.3 is 19.4 Å². The van der Waals surface area contributed by atoms with E-state index in [0.29, 0.717) is 24.0 Å². The van der Waals surface area contributed by atoms with Crippen molar-refractivity contribution in [2.75, 3.05) is 11.9 Å². The van der Waals surface area contributed by atoms with Crippen LogP contribution in [0, 0.1) is 11.8 Å². The Labute approximate surface area is 147 Å². The number of anilines is 1. The molecule has 0 aliphatic carbocycles. The fraction of sp³-hybridized carbons (Fsp3) is 0.353. The van der Waals surface area contributed by atoms with E-state index in [4.69, 9.17) is 9.15 Å². The summed E-state index contributed by atoms with van der Waals surface area (Å²) in [6.45, 7) is 0.817. The van der Waals surface area contributed by atoms with Crippen LogP contribution < -0.4 is 5.32 Å². The van der Waals surface area contributed by atoms with E-state index in [2.05, 4.69) is 10.3 Å². The van der Waals surface area contributed by atoms with Crippen LogP contribution in [-0.2, 0) is 20.9 Å². The Hall–Kier alpha value is -2.45. The third-order valence-corrected chi connectivity index (χ3v) is 5.76. The first-order valence-electron chi connectivity index (χ1n) is 8.05. The number of hydrogen-bond acceptors (Lipinski definition) is 6. The molecule has 2 bridgehead atoms. The smallest absolute Gasteiger partial charge is 0.233 e. The van der Waals surface area contributed by atoms with Gasteiger partial charge in [0.15, 0.2) is 5.13 Å². The Morgan fingerprint density at radius 2 is 2.44 bits per heavy atom. The molecule has 128 valence electrons. The maximum atomic E-state index is 13.0. The minimum atomic E-state index is -0.709. The van der Waals surface area contributed by atoms with Gasteiger partial charge in [0.25, 0.3) is 0 Å². The minimum Gasteiger partial charge on any atom is -0.467 e. The Kier molecular flexibility index (Phi) is 3.13. The molecule has 0 aromatic carbocycles. The second-order valence-electron chi connectivity index (χ2n) is 6.50. The van der Waals surface area contributed by atoms with Gasteiger partial charge in [-0.05, 0) is 12.1 Å². The number of hydrogen-bond donors (Lipinski definition) is 1. The van der Waals surface area contributed by atoms with E-state index in [9.17, 15) is 9.59 Å². The van der Waals surface area contributed by atoms with E-state index >= 15 is 0 Å². The highest BCUT2D eigenvalue weighted by Crippen LogP contribution is 2.52. The van der Waals surface area contributed by atoms with Gasteiger partial charge in [-0.15, -0.1) is 11.3 Å². The summed E-state index contributed by atoms with van der Waals surface area (Å²) in [7, 11) is 0. The lowest BCUT2D eigenvalue weighted by atomic mass is 9.77. The molecule has 8 heteroatoms. The van der Waals surface area contributed by atoms with Crippen LogP contribution in [0.3, 0.4) is 0 Å². The summed E-state index contributed by atoms with van der Waals surface area (Å²) < 4.78 is 11.4. The molecular weight excluding hydrogens is 342 g/mol. The number of nitrogens with zero attached hydrogens (tertiary/aromatic N) is 2. The quantitative estimate of drug-likeness (QED) is 0.841. The largest absolute Gasteiger partial charge is 0.467 e. The number of fused-ring (bicyclic) bond motifs is 1. The molecule has 2 fully saturated rings. The molecule has 25 heavy (non-hydrogen) atoms. The molecule has 4 atom stereocenters. The molecule has 5 rings (SSSR count). The third-order valence-electron chi connectivity index (χ3n) is 5.07. The highest BCUT2D eigenvalue weighted by Gasteiger charge is 2.66. The number of furan rings is 1. The van der Waals surface area contributed by atoms with Crippen molar-refractivity contribution in [3.8, 4) is 0 Å². The van der Waals surface area contributed by atoms with Gasteiger partial charge in [0.1, 0.15) is 11.4 Å². The van der Waals surface area contributed by atoms with Crippen LogP contribution >= 0.6 is 11.3 Å². The number of carbonyl (C=O) groups is 2. The van der Waals surface area contributed by atoms with Gasteiger partial charge in [-0.25, -0.2) is 4.98 Å². The van der Waals surface area contributed by atoms with E-state index in [1.54, 1.807) is 28.8 Å². The maximum Gasteiger partial charge on any atom is 0.233 e. The van der Waals surface area contributed by atoms with Gasteiger partial charge in [0, 0.05) is 11.6 Å². The second-order valence-corrected chi connectivity index (χ2v) is 7.39. The Bertz CT molecular complexity index is 847. The zero-order valence-electron chi connectivity index (χ0n) is 13.1. The number of aromatic nitrogens is 1. The van der Waals surface area contributed by atoms with Crippen molar-refractivity contribution in [2.45, 2.75) is 18.2 Å². The first kappa shape index (κ1) is 14.9. The van der Waals surface area contributed by atoms with Crippen LogP contribution in [0.15, 0.2) is 46.5 Å². The zero-order valence-corrected chi connectivity index (χ0v) is 13.9. The van der Waals surface area contributed by atoms with Gasteiger partial charge in [0.05, 0.1) is 37.3 Å². The summed E-state index contributed by atoms with van der Waals surface area (Å²) in [5, 5.41) is 5.13. The highest BCUT2D eigenvalue weighted by molar-refractivity contribution is 7.13. The van der Waals surface area contributed by atoms with E-state index in [1.807, 2.05) is 18.2 Å². The molecule has 4 unspecified atom stereocenters. The van der Waals surface area contributed by atoms with Crippen molar-refractivity contribution in [3.05, 3.63) is 47.9 Å². The summed E-state index contributed by atoms with van der Waals surface area (Å²) in [5.74, 6) is -0.612. The van der Waals surface area contributed by atoms with Gasteiger partial charge in [-0.2, -0.15) is 0 Å². The highest BCUT2D eigenvalue weighted by atomic mass is 32.1. The average Bonchev–Trinajstić information content (AvgIpc) is 3.37. The lowest BCUT2D eigenvalue weighted by Crippen LogP contribution is -2.41. The van der Waals surface area contributed by atoms with Gasteiger partial charge in [0.2, 0.25) is 11.8 Å². The Balaban J connectivity index is 1.41. The van der Waals surface area contributed by atoms with Crippen molar-refractivity contribution in [3.63, 3.8) is 0 Å². The number of rotatable bonds is 4. The third kappa shape index (κ3) is 2.17. The summed E-state index contributed by atoms with van der Waals surface area (Å²) in [5.41, 5.74) is -0.709. The van der Waals surface area contributed by atoms with E-state index in [0.717, 1.165) is 0 Å². The number of ether oxygens (including phenoxy) is 1. The Morgan fingerprint density at radius 3 is 3.20 bits per heavy atom. The lowest BCUT2D eigenvalue weighted by Gasteiger charge is -2.23. The monoisotopic (exact) mass is 357 g/mol. The van der Waals surface area contributed by atoms with Crippen LogP contribution in [0.1, 0.15) is 5.76 Å². The summed E-state index contributed by atoms with van der Waals surface area (Å²) in [6.07, 6.45) is 6.69. The van der Waals surface area contributed by atoms with Crippen molar-refractivity contribution in [1.29, 1.82) is 0 Å². The number of nitrogens with one attached hydrogen (secondary N) is 1. The molecular formula is C17H15N3O4S. The summed E-state index contributed by atoms with van der Waals surface area (Å²) in [4.78, 5) is 31.5. The molecule has 0 radical (unpaired) electrons. The molecule has 2 aromatic heterocycles. The standard InChI is InChI=1S/C17H15N3O4S/c21-14(19-16-18-5-7-25-16)12-11-3-4-17(24-11)9-20(15(22)13(12)17)8-10-2-1-6-23-10/h1-7,11-13H,8-9H2,(H,18,19,21). The van der Waals surface area contributed by atoms with Crippen molar-refractivity contribution < 1.29 is 18.7 Å². The molecule has 2 aromatic rings. The second kappa shape index (κ2) is 5.27. The number of thiazole rings is 1. The molecule has 0 saturated carbocycles. The van der Waals surface area contributed by atoms with Crippen LogP contribution in [-0.4, -0.2) is 39.9 Å². The number of amides is 2. The van der Waals surface area contributed by atoms with Gasteiger partial charge >= 0.3 is 0 Å². The minimum absolute atomic E-state index is 0.0671. The first-order valence-corrected chi connectivity index (χ1v) is 8.93. The average molecular weight is 357 g/mol. The molecule has 5 heterocycles. The number of carbonyl (C=O) groups excluding carboxylic acids is 2. The molecule has 7 nitrogen and oxygen atoms in total. The number of likely N-dealkylation sites (tertiary alicyclic amines) is 1. The summed E-state index contributed by atoms with van der Waals surface area (Å²) in [6, 6.07) is 3.63. The van der Waals surface area contributed by atoms with E-state index in [-0.39, 0.29) is 17.9 Å². The van der Waals surface area contributed by atoms with Gasteiger partial charge in [-0.3, -0.25) is 9.59 Å². The van der Waals surface area contributed by atoms with Crippen LogP contribution in [0.2, 0.25) is 0 Å². The molecule has 2 amide bonds. The van der Waals surface area contributed by atoms with Crippen molar-refractivity contribution >= 4 is 28.3 Å². The molecule has 2 saturated heterocycles. The first-order chi connectivity index (χ1) is 12.2.